The number of nitro benzene ring substituents is 1. The van der Waals surface area contributed by atoms with Crippen molar-refractivity contribution in [3.05, 3.63) is 93.3 Å². The van der Waals surface area contributed by atoms with Crippen LogP contribution < -0.4 is 4.72 Å². The average Bonchev–Trinajstić information content (AvgIpc) is 3.16. The smallest absolute Gasteiger partial charge is 0.269 e. The Labute approximate surface area is 167 Å². The molecule has 0 amide bonds. The van der Waals surface area contributed by atoms with Gasteiger partial charge in [0.15, 0.2) is 0 Å². The van der Waals surface area contributed by atoms with Crippen LogP contribution in [0.4, 0.5) is 11.4 Å². The summed E-state index contributed by atoms with van der Waals surface area (Å²) in [6.07, 6.45) is 1.09. The lowest BCUT2D eigenvalue weighted by Gasteiger charge is -2.12. The van der Waals surface area contributed by atoms with Crippen LogP contribution in [0.25, 0.3) is 0 Å². The predicted molar refractivity (Wildman–Crippen MR) is 110 cm³/mol. The lowest BCUT2D eigenvalue weighted by Crippen LogP contribution is -2.09. The highest BCUT2D eigenvalue weighted by atomic mass is 32.2. The van der Waals surface area contributed by atoms with Crippen LogP contribution in [0, 0.1) is 10.1 Å². The second-order valence-corrected chi connectivity index (χ2v) is 8.43. The van der Waals surface area contributed by atoms with E-state index >= 15 is 0 Å². The molecule has 8 nitrogen and oxygen atoms in total. The van der Waals surface area contributed by atoms with Crippen molar-refractivity contribution < 1.29 is 18.1 Å². The molecule has 0 saturated carbocycles. The lowest BCUT2D eigenvalue weighted by molar-refractivity contribution is -0.384. The number of hydrogen-bond acceptors (Lipinski definition) is 5. The number of aromatic amines is 1. The quantitative estimate of drug-likeness (QED) is 0.348. The summed E-state index contributed by atoms with van der Waals surface area (Å²) in [5.41, 5.74) is 2.91. The Morgan fingerprint density at radius 1 is 1.03 bits per heavy atom. The van der Waals surface area contributed by atoms with Gasteiger partial charge in [-0.25, -0.2) is 8.42 Å². The first-order chi connectivity index (χ1) is 13.6. The molecule has 1 unspecified atom stereocenters. The number of ketones is 1. The topological polar surface area (TPSA) is 122 Å². The number of carbonyl (C=O) groups is 1. The van der Waals surface area contributed by atoms with Crippen molar-refractivity contribution in [2.75, 3.05) is 11.0 Å². The summed E-state index contributed by atoms with van der Waals surface area (Å²) in [5, 5.41) is 10.7. The third-order valence-corrected chi connectivity index (χ3v) is 5.08. The molecule has 1 aromatic heterocycles. The van der Waals surface area contributed by atoms with Gasteiger partial charge < -0.3 is 4.98 Å². The van der Waals surface area contributed by atoms with Crippen molar-refractivity contribution in [2.45, 2.75) is 12.8 Å². The molecule has 0 bridgehead atoms. The molecule has 29 heavy (non-hydrogen) atoms. The van der Waals surface area contributed by atoms with E-state index in [9.17, 15) is 23.3 Å². The van der Waals surface area contributed by atoms with Crippen molar-refractivity contribution in [1.29, 1.82) is 0 Å². The number of nitrogens with one attached hydrogen (secondary N) is 2. The number of H-pyrrole nitrogens is 1. The minimum Gasteiger partial charge on any atom is -0.355 e. The molecule has 1 atom stereocenters. The molecule has 0 saturated heterocycles. The molecule has 0 aliphatic rings. The zero-order valence-electron chi connectivity index (χ0n) is 15.7. The van der Waals surface area contributed by atoms with Gasteiger partial charge in [0, 0.05) is 35.0 Å². The van der Waals surface area contributed by atoms with Crippen LogP contribution in [0.15, 0.2) is 60.7 Å². The molecule has 0 radical (unpaired) electrons. The van der Waals surface area contributed by atoms with Gasteiger partial charge in [0.05, 0.1) is 16.9 Å². The van der Waals surface area contributed by atoms with E-state index < -0.39 is 14.9 Å². The molecule has 0 aliphatic carbocycles. The van der Waals surface area contributed by atoms with E-state index in [2.05, 4.69) is 9.71 Å². The van der Waals surface area contributed by atoms with Gasteiger partial charge in [-0.2, -0.15) is 0 Å². The molecule has 0 spiro atoms. The normalized spacial score (nSPS) is 12.3. The van der Waals surface area contributed by atoms with Gasteiger partial charge in [-0.15, -0.1) is 0 Å². The number of non-ortho nitro benzene ring substituents is 1. The number of aromatic nitrogens is 1. The number of benzene rings is 2. The Kier molecular flexibility index (Phi) is 5.51. The van der Waals surface area contributed by atoms with Crippen LogP contribution in [-0.4, -0.2) is 30.4 Å². The summed E-state index contributed by atoms with van der Waals surface area (Å²) in [4.78, 5) is 25.9. The van der Waals surface area contributed by atoms with Gasteiger partial charge in [-0.1, -0.05) is 19.1 Å². The third-order valence-electron chi connectivity index (χ3n) is 4.47. The maximum atomic E-state index is 12.6. The first kappa shape index (κ1) is 20.3. The van der Waals surface area contributed by atoms with E-state index in [0.29, 0.717) is 16.9 Å². The van der Waals surface area contributed by atoms with Crippen LogP contribution in [0.5, 0.6) is 0 Å². The third kappa shape index (κ3) is 4.88. The standard InChI is InChI=1S/C20H19N3O5S/c1-13(14-3-7-16(8-4-14)22-29(2,27)28)18-11-12-19(21-18)20(24)15-5-9-17(10-6-15)23(25)26/h3-13,21-22H,1-2H3. The summed E-state index contributed by atoms with van der Waals surface area (Å²) in [6.45, 7) is 1.96. The van der Waals surface area contributed by atoms with E-state index in [1.165, 1.54) is 24.3 Å². The molecule has 0 fully saturated rings. The van der Waals surface area contributed by atoms with Crippen LogP contribution in [0.1, 0.15) is 40.2 Å². The first-order valence-corrected chi connectivity index (χ1v) is 10.6. The number of anilines is 1. The number of hydrogen-bond donors (Lipinski definition) is 2. The van der Waals surface area contributed by atoms with Crippen molar-refractivity contribution >= 4 is 27.2 Å². The van der Waals surface area contributed by atoms with Gasteiger partial charge >= 0.3 is 0 Å². The fourth-order valence-electron chi connectivity index (χ4n) is 2.92. The zero-order chi connectivity index (χ0) is 21.2. The van der Waals surface area contributed by atoms with E-state index in [4.69, 9.17) is 0 Å². The molecule has 150 valence electrons. The Morgan fingerprint density at radius 3 is 2.21 bits per heavy atom. The Bertz CT molecular complexity index is 1150. The second kappa shape index (κ2) is 7.88. The SMILES string of the molecule is CC(c1ccc(NS(C)(=O)=O)cc1)c1ccc(C(=O)c2ccc([N+](=O)[O-])cc2)[nH]1. The summed E-state index contributed by atoms with van der Waals surface area (Å²) < 4.78 is 25.0. The van der Waals surface area contributed by atoms with Crippen LogP contribution in [0.2, 0.25) is 0 Å². The molecule has 0 aliphatic heterocycles. The summed E-state index contributed by atoms with van der Waals surface area (Å²) >= 11 is 0. The number of nitrogens with zero attached hydrogens (tertiary/aromatic N) is 1. The highest BCUT2D eigenvalue weighted by molar-refractivity contribution is 7.92. The van der Waals surface area contributed by atoms with Crippen LogP contribution >= 0.6 is 0 Å². The van der Waals surface area contributed by atoms with Gasteiger partial charge in [-0.3, -0.25) is 19.6 Å². The summed E-state index contributed by atoms with van der Waals surface area (Å²) in [6, 6.07) is 15.9. The van der Waals surface area contributed by atoms with Gasteiger partial charge in [0.25, 0.3) is 5.69 Å². The largest absolute Gasteiger partial charge is 0.355 e. The van der Waals surface area contributed by atoms with Crippen molar-refractivity contribution in [3.63, 3.8) is 0 Å². The van der Waals surface area contributed by atoms with E-state index in [1.54, 1.807) is 18.2 Å². The number of sulfonamides is 1. The van der Waals surface area contributed by atoms with Crippen LogP contribution in [-0.2, 0) is 10.0 Å². The van der Waals surface area contributed by atoms with Gasteiger partial charge in [0.2, 0.25) is 15.8 Å². The summed E-state index contributed by atoms with van der Waals surface area (Å²) in [7, 11) is -3.33. The minimum atomic E-state index is -3.33. The molecular formula is C20H19N3O5S. The van der Waals surface area contributed by atoms with Crippen molar-refractivity contribution in [1.82, 2.24) is 4.98 Å². The maximum Gasteiger partial charge on any atom is 0.269 e. The van der Waals surface area contributed by atoms with Crippen molar-refractivity contribution in [2.24, 2.45) is 0 Å². The van der Waals surface area contributed by atoms with Gasteiger partial charge in [0.1, 0.15) is 0 Å². The molecule has 9 heteroatoms. The van der Waals surface area contributed by atoms with E-state index in [0.717, 1.165) is 17.5 Å². The fourth-order valence-corrected chi connectivity index (χ4v) is 3.48. The highest BCUT2D eigenvalue weighted by Gasteiger charge is 2.16. The molecule has 1 heterocycles. The molecule has 3 rings (SSSR count). The molecule has 3 aromatic rings. The van der Waals surface area contributed by atoms with Crippen LogP contribution in [0.3, 0.4) is 0 Å². The second-order valence-electron chi connectivity index (χ2n) is 6.68. The molecular weight excluding hydrogens is 394 g/mol. The maximum absolute atomic E-state index is 12.6. The highest BCUT2D eigenvalue weighted by Crippen LogP contribution is 2.26. The number of carbonyl (C=O) groups excluding carboxylic acids is 1. The monoisotopic (exact) mass is 413 g/mol. The number of nitro groups is 1. The number of rotatable bonds is 7. The molecule has 2 aromatic carbocycles. The lowest BCUT2D eigenvalue weighted by atomic mass is 9.98. The Morgan fingerprint density at radius 2 is 1.66 bits per heavy atom. The van der Waals surface area contributed by atoms with Crippen molar-refractivity contribution in [3.8, 4) is 0 Å². The molecule has 2 N–H and O–H groups in total. The van der Waals surface area contributed by atoms with E-state index in [1.807, 2.05) is 25.1 Å². The van der Waals surface area contributed by atoms with E-state index in [-0.39, 0.29) is 17.4 Å². The zero-order valence-corrected chi connectivity index (χ0v) is 16.6. The summed E-state index contributed by atoms with van der Waals surface area (Å²) in [5.74, 6) is -0.313. The fraction of sp³-hybridized carbons (Fsp3) is 0.150. The van der Waals surface area contributed by atoms with Gasteiger partial charge in [-0.05, 0) is 42.0 Å². The Balaban J connectivity index is 1.76. The Hall–Kier alpha value is -3.46. The minimum absolute atomic E-state index is 0.0549. The predicted octanol–water partition coefficient (Wildman–Crippen LogP) is 3.68. The average molecular weight is 413 g/mol. The first-order valence-electron chi connectivity index (χ1n) is 8.70.